The number of hydrogen-bond acceptors (Lipinski definition) is 3. The first kappa shape index (κ1) is 14.3. The number of para-hydroxylation sites is 1. The van der Waals surface area contributed by atoms with Gasteiger partial charge in [-0.25, -0.2) is 0 Å². The molecule has 1 heterocycles. The van der Waals surface area contributed by atoms with Gasteiger partial charge >= 0.3 is 0 Å². The highest BCUT2D eigenvalue weighted by Gasteiger charge is 2.66. The molecule has 1 aromatic rings. The molecule has 2 amide bonds. The summed E-state index contributed by atoms with van der Waals surface area (Å²) < 4.78 is 0. The molecule has 1 saturated heterocycles. The summed E-state index contributed by atoms with van der Waals surface area (Å²) in [5, 5.41) is 3.33. The lowest BCUT2D eigenvalue weighted by Gasteiger charge is -2.37. The van der Waals surface area contributed by atoms with Crippen LogP contribution in [0.3, 0.4) is 0 Å². The van der Waals surface area contributed by atoms with Gasteiger partial charge in [-0.2, -0.15) is 0 Å². The quantitative estimate of drug-likeness (QED) is 0.688. The van der Waals surface area contributed by atoms with Gasteiger partial charge in [-0.1, -0.05) is 30.4 Å². The number of carbonyl (C=O) groups excluding carboxylic acids is 2. The van der Waals surface area contributed by atoms with Crippen LogP contribution < -0.4 is 5.32 Å². The van der Waals surface area contributed by atoms with E-state index in [0.29, 0.717) is 23.7 Å². The van der Waals surface area contributed by atoms with Crippen molar-refractivity contribution in [3.63, 3.8) is 0 Å². The molecular weight excluding hydrogens is 300 g/mol. The summed E-state index contributed by atoms with van der Waals surface area (Å²) in [6.07, 6.45) is 5.64. The summed E-state index contributed by atoms with van der Waals surface area (Å²) in [6.45, 7) is 4.37. The maximum atomic E-state index is 12.9. The zero-order valence-corrected chi connectivity index (χ0v) is 14.0. The summed E-state index contributed by atoms with van der Waals surface area (Å²) in [5.74, 6) is 1.78. The molecule has 4 aliphatic carbocycles. The van der Waals surface area contributed by atoms with Crippen LogP contribution >= 0.6 is 0 Å². The first-order chi connectivity index (χ1) is 11.6. The normalized spacial score (nSPS) is 38.3. The van der Waals surface area contributed by atoms with Crippen molar-refractivity contribution in [1.29, 1.82) is 0 Å². The Labute approximate surface area is 141 Å². The first-order valence-electron chi connectivity index (χ1n) is 8.91. The molecule has 0 unspecified atom stereocenters. The van der Waals surface area contributed by atoms with E-state index in [-0.39, 0.29) is 30.3 Å². The van der Waals surface area contributed by atoms with E-state index >= 15 is 0 Å². The standard InChI is InChI=1S/C20H22N2O2/c1-10-4-3-5-11(2)18(10)21-9-22-19(23)16-12-6-7-13(15-8-14(12)15)17(16)20(22)24/h3-7,12-17,21H,8-9H2,1-2H3/t12-,13-,14-,15+,16+,17+/m0/s1. The molecule has 6 atom stereocenters. The van der Waals surface area contributed by atoms with Gasteiger partial charge in [0.05, 0.1) is 18.5 Å². The fourth-order valence-corrected chi connectivity index (χ4v) is 5.43. The molecule has 0 spiro atoms. The van der Waals surface area contributed by atoms with Crippen LogP contribution in [0.1, 0.15) is 17.5 Å². The van der Waals surface area contributed by atoms with E-state index in [1.807, 2.05) is 32.0 Å². The van der Waals surface area contributed by atoms with E-state index in [1.54, 1.807) is 0 Å². The third-order valence-electron chi connectivity index (χ3n) is 6.65. The van der Waals surface area contributed by atoms with Gasteiger partial charge < -0.3 is 5.32 Å². The molecule has 0 radical (unpaired) electrons. The Kier molecular flexibility index (Phi) is 2.80. The molecule has 5 aliphatic rings. The minimum absolute atomic E-state index is 0.0356. The Hall–Kier alpha value is -2.10. The van der Waals surface area contributed by atoms with Crippen molar-refractivity contribution < 1.29 is 9.59 Å². The number of amides is 2. The summed E-state index contributed by atoms with van der Waals surface area (Å²) in [7, 11) is 0. The van der Waals surface area contributed by atoms with Crippen molar-refractivity contribution in [3.05, 3.63) is 41.5 Å². The van der Waals surface area contributed by atoms with Gasteiger partial charge in [0.1, 0.15) is 0 Å². The van der Waals surface area contributed by atoms with E-state index in [2.05, 4.69) is 17.5 Å². The lowest BCUT2D eigenvalue weighted by atomic mass is 9.63. The van der Waals surface area contributed by atoms with Gasteiger partial charge in [0.2, 0.25) is 11.8 Å². The molecule has 4 nitrogen and oxygen atoms in total. The summed E-state index contributed by atoms with van der Waals surface area (Å²) in [5.41, 5.74) is 3.29. The molecule has 6 rings (SSSR count). The van der Waals surface area contributed by atoms with Crippen molar-refractivity contribution >= 4 is 17.5 Å². The molecule has 3 fully saturated rings. The van der Waals surface area contributed by atoms with Crippen LogP contribution in [0.5, 0.6) is 0 Å². The van der Waals surface area contributed by atoms with Crippen LogP contribution in [-0.2, 0) is 9.59 Å². The third-order valence-corrected chi connectivity index (χ3v) is 6.65. The average Bonchev–Trinajstić information content (AvgIpc) is 3.34. The predicted molar refractivity (Wildman–Crippen MR) is 91.0 cm³/mol. The molecule has 1 N–H and O–H groups in total. The number of nitrogens with one attached hydrogen (secondary N) is 1. The number of anilines is 1. The molecule has 124 valence electrons. The number of benzene rings is 1. The van der Waals surface area contributed by atoms with Crippen molar-refractivity contribution in [2.75, 3.05) is 12.0 Å². The van der Waals surface area contributed by atoms with Gasteiger partial charge in [-0.3, -0.25) is 14.5 Å². The summed E-state index contributed by atoms with van der Waals surface area (Å²) in [4.78, 5) is 27.3. The second kappa shape index (κ2) is 4.71. The number of nitrogens with zero attached hydrogens (tertiary/aromatic N) is 1. The van der Waals surface area contributed by atoms with E-state index in [0.717, 1.165) is 16.8 Å². The van der Waals surface area contributed by atoms with Crippen LogP contribution in [0.15, 0.2) is 30.4 Å². The van der Waals surface area contributed by atoms with Crippen LogP contribution in [0.4, 0.5) is 5.69 Å². The van der Waals surface area contributed by atoms with Crippen molar-refractivity contribution in [1.82, 2.24) is 4.90 Å². The Morgan fingerprint density at radius 2 is 1.54 bits per heavy atom. The van der Waals surface area contributed by atoms with Gasteiger partial charge in [0.15, 0.2) is 0 Å². The number of imide groups is 1. The maximum Gasteiger partial charge on any atom is 0.235 e. The van der Waals surface area contributed by atoms with E-state index in [9.17, 15) is 9.59 Å². The monoisotopic (exact) mass is 322 g/mol. The third kappa shape index (κ3) is 1.74. The van der Waals surface area contributed by atoms with Crippen LogP contribution in [0.25, 0.3) is 0 Å². The molecule has 2 saturated carbocycles. The Bertz CT molecular complexity index is 728. The average molecular weight is 322 g/mol. The highest BCUT2D eigenvalue weighted by atomic mass is 16.2. The van der Waals surface area contributed by atoms with Crippen LogP contribution in [0.2, 0.25) is 0 Å². The largest absolute Gasteiger partial charge is 0.367 e. The topological polar surface area (TPSA) is 49.4 Å². The van der Waals surface area contributed by atoms with Gasteiger partial charge in [-0.15, -0.1) is 0 Å². The van der Waals surface area contributed by atoms with Crippen molar-refractivity contribution in [2.24, 2.45) is 35.5 Å². The lowest BCUT2D eigenvalue weighted by Crippen LogP contribution is -2.40. The highest BCUT2D eigenvalue weighted by Crippen LogP contribution is 2.65. The lowest BCUT2D eigenvalue weighted by molar-refractivity contribution is -0.139. The fraction of sp³-hybridized carbons (Fsp3) is 0.500. The number of hydrogen-bond donors (Lipinski definition) is 1. The first-order valence-corrected chi connectivity index (χ1v) is 8.91. The number of likely N-dealkylation sites (tertiary alicyclic amines) is 1. The molecule has 1 aromatic carbocycles. The minimum atomic E-state index is -0.101. The second-order valence-electron chi connectivity index (χ2n) is 7.86. The molecule has 24 heavy (non-hydrogen) atoms. The fourth-order valence-electron chi connectivity index (χ4n) is 5.43. The van der Waals surface area contributed by atoms with Crippen molar-refractivity contribution in [3.8, 4) is 0 Å². The highest BCUT2D eigenvalue weighted by molar-refractivity contribution is 6.06. The zero-order chi connectivity index (χ0) is 16.6. The Morgan fingerprint density at radius 3 is 2.08 bits per heavy atom. The van der Waals surface area contributed by atoms with Crippen molar-refractivity contribution in [2.45, 2.75) is 20.3 Å². The zero-order valence-electron chi connectivity index (χ0n) is 14.0. The Balaban J connectivity index is 1.39. The van der Waals surface area contributed by atoms with Crippen LogP contribution in [0, 0.1) is 49.4 Å². The number of aryl methyl sites for hydroxylation is 2. The van der Waals surface area contributed by atoms with E-state index < -0.39 is 0 Å². The second-order valence-corrected chi connectivity index (χ2v) is 7.86. The van der Waals surface area contributed by atoms with Gasteiger partial charge in [-0.05, 0) is 55.1 Å². The number of carbonyl (C=O) groups is 2. The molecule has 2 bridgehead atoms. The number of rotatable bonds is 3. The summed E-state index contributed by atoms with van der Waals surface area (Å²) in [6, 6.07) is 6.10. The molecule has 0 aromatic heterocycles. The molecular formula is C20H22N2O2. The summed E-state index contributed by atoms with van der Waals surface area (Å²) >= 11 is 0. The SMILES string of the molecule is Cc1cccc(C)c1NCN1C(=O)[C@@H]2[C@H]3C=C[C@@H]([C@@H]4C[C@H]34)[C@H]2C1=O. The Morgan fingerprint density at radius 1 is 1.00 bits per heavy atom. The van der Waals surface area contributed by atoms with Gasteiger partial charge in [0.25, 0.3) is 0 Å². The maximum absolute atomic E-state index is 12.9. The minimum Gasteiger partial charge on any atom is -0.367 e. The predicted octanol–water partition coefficient (Wildman–Crippen LogP) is 2.73. The van der Waals surface area contributed by atoms with Gasteiger partial charge in [0, 0.05) is 5.69 Å². The van der Waals surface area contributed by atoms with E-state index in [1.165, 1.54) is 11.3 Å². The van der Waals surface area contributed by atoms with Crippen LogP contribution in [-0.4, -0.2) is 23.4 Å². The molecule has 1 aliphatic heterocycles. The number of allylic oxidation sites excluding steroid dienone is 2. The smallest absolute Gasteiger partial charge is 0.235 e. The van der Waals surface area contributed by atoms with E-state index in [4.69, 9.17) is 0 Å². The molecule has 4 heteroatoms.